The summed E-state index contributed by atoms with van der Waals surface area (Å²) in [7, 11) is 0. The predicted molar refractivity (Wildman–Crippen MR) is 99.5 cm³/mol. The highest BCUT2D eigenvalue weighted by atomic mass is 16.5. The molecule has 0 amide bonds. The fourth-order valence-electron chi connectivity index (χ4n) is 3.93. The molecule has 0 spiro atoms. The molecule has 0 aromatic heterocycles. The van der Waals surface area contributed by atoms with Crippen molar-refractivity contribution in [3.63, 3.8) is 0 Å². The molecule has 128 valence electrons. The molecule has 2 heterocycles. The van der Waals surface area contributed by atoms with Gasteiger partial charge in [-0.25, -0.2) is 0 Å². The summed E-state index contributed by atoms with van der Waals surface area (Å²) in [6.07, 6.45) is 5.01. The van der Waals surface area contributed by atoms with E-state index in [1.807, 2.05) is 13.8 Å². The van der Waals surface area contributed by atoms with Crippen LogP contribution < -0.4 is 5.32 Å². The minimum atomic E-state index is 0.361. The maximum atomic E-state index is 6.25. The number of fused-ring (bicyclic) bond motifs is 1. The summed E-state index contributed by atoms with van der Waals surface area (Å²) in [6, 6.07) is 8.87. The van der Waals surface area contributed by atoms with Gasteiger partial charge in [-0.05, 0) is 55.5 Å². The molecule has 1 aromatic rings. The third-order valence-electron chi connectivity index (χ3n) is 5.01. The second kappa shape index (κ2) is 9.24. The van der Waals surface area contributed by atoms with Gasteiger partial charge in [-0.3, -0.25) is 0 Å². The summed E-state index contributed by atoms with van der Waals surface area (Å²) < 4.78 is 6.25. The molecule has 0 saturated carbocycles. The molecule has 2 aliphatic rings. The Morgan fingerprint density at radius 3 is 2.39 bits per heavy atom. The zero-order valence-electron chi connectivity index (χ0n) is 15.3. The molecule has 23 heavy (non-hydrogen) atoms. The molecular formula is C21H33NO. The molecule has 1 aromatic carbocycles. The Hall–Kier alpha value is -1.12. The van der Waals surface area contributed by atoms with E-state index in [0.29, 0.717) is 12.0 Å². The monoisotopic (exact) mass is 315 g/mol. The number of nitrogens with one attached hydrogen (secondary N) is 1. The minimum absolute atomic E-state index is 0.361. The zero-order valence-corrected chi connectivity index (χ0v) is 15.3. The highest BCUT2D eigenvalue weighted by Crippen LogP contribution is 2.40. The summed E-state index contributed by atoms with van der Waals surface area (Å²) in [5.74, 6) is 0.548. The molecule has 1 fully saturated rings. The number of hydrogen-bond donors (Lipinski definition) is 1. The van der Waals surface area contributed by atoms with Crippen molar-refractivity contribution in [2.45, 2.75) is 66.1 Å². The molecule has 0 bridgehead atoms. The SMILES string of the molecule is CC.CCC1OCc2ccccc2C(=C2CCNCC2)C1CC. The lowest BCUT2D eigenvalue weighted by Crippen LogP contribution is -2.27. The normalized spacial score (nSPS) is 24.3. The van der Waals surface area contributed by atoms with E-state index in [1.54, 1.807) is 11.1 Å². The van der Waals surface area contributed by atoms with Crippen LogP contribution in [0.5, 0.6) is 0 Å². The van der Waals surface area contributed by atoms with Crippen molar-refractivity contribution in [1.82, 2.24) is 5.32 Å². The van der Waals surface area contributed by atoms with Crippen molar-refractivity contribution in [2.75, 3.05) is 13.1 Å². The van der Waals surface area contributed by atoms with Crippen LogP contribution in [0.25, 0.3) is 5.57 Å². The molecular weight excluding hydrogens is 282 g/mol. The summed E-state index contributed by atoms with van der Waals surface area (Å²) in [5.41, 5.74) is 6.10. The summed E-state index contributed by atoms with van der Waals surface area (Å²) >= 11 is 0. The van der Waals surface area contributed by atoms with Gasteiger partial charge in [-0.2, -0.15) is 0 Å². The van der Waals surface area contributed by atoms with Crippen LogP contribution >= 0.6 is 0 Å². The van der Waals surface area contributed by atoms with Gasteiger partial charge in [-0.1, -0.05) is 57.5 Å². The third-order valence-corrected chi connectivity index (χ3v) is 5.01. The van der Waals surface area contributed by atoms with Gasteiger partial charge in [0, 0.05) is 5.92 Å². The van der Waals surface area contributed by atoms with Gasteiger partial charge in [-0.15, -0.1) is 0 Å². The van der Waals surface area contributed by atoms with Gasteiger partial charge in [0.1, 0.15) is 0 Å². The molecule has 2 atom stereocenters. The lowest BCUT2D eigenvalue weighted by atomic mass is 9.79. The van der Waals surface area contributed by atoms with Gasteiger partial charge >= 0.3 is 0 Å². The second-order valence-electron chi connectivity index (χ2n) is 6.20. The quantitative estimate of drug-likeness (QED) is 0.811. The van der Waals surface area contributed by atoms with E-state index in [1.165, 1.54) is 30.4 Å². The Labute approximate surface area is 142 Å². The maximum absolute atomic E-state index is 6.25. The van der Waals surface area contributed by atoms with Crippen LogP contribution in [0.15, 0.2) is 29.8 Å². The number of rotatable bonds is 2. The summed E-state index contributed by atoms with van der Waals surface area (Å²) in [5, 5.41) is 3.49. The van der Waals surface area contributed by atoms with Gasteiger partial charge in [0.2, 0.25) is 0 Å². The number of benzene rings is 1. The first kappa shape index (κ1) is 18.2. The van der Waals surface area contributed by atoms with E-state index in [-0.39, 0.29) is 0 Å². The average Bonchev–Trinajstić information content (AvgIpc) is 2.80. The number of piperidine rings is 1. The molecule has 2 nitrogen and oxygen atoms in total. The molecule has 2 unspecified atom stereocenters. The lowest BCUT2D eigenvalue weighted by Gasteiger charge is -2.29. The fourth-order valence-corrected chi connectivity index (χ4v) is 3.93. The van der Waals surface area contributed by atoms with Crippen LogP contribution in [-0.2, 0) is 11.3 Å². The molecule has 0 radical (unpaired) electrons. The average molecular weight is 316 g/mol. The Balaban J connectivity index is 0.000000924. The Morgan fingerprint density at radius 1 is 1.04 bits per heavy atom. The zero-order chi connectivity index (χ0) is 16.7. The van der Waals surface area contributed by atoms with Gasteiger partial charge in [0.05, 0.1) is 12.7 Å². The van der Waals surface area contributed by atoms with Crippen LogP contribution in [0, 0.1) is 5.92 Å². The molecule has 2 aliphatic heterocycles. The lowest BCUT2D eigenvalue weighted by molar-refractivity contribution is 0.0164. The maximum Gasteiger partial charge on any atom is 0.0726 e. The van der Waals surface area contributed by atoms with E-state index in [0.717, 1.165) is 26.1 Å². The highest BCUT2D eigenvalue weighted by molar-refractivity contribution is 5.74. The Bertz CT molecular complexity index is 512. The predicted octanol–water partition coefficient (Wildman–Crippen LogP) is 5.18. The minimum Gasteiger partial charge on any atom is -0.373 e. The van der Waals surface area contributed by atoms with Crippen molar-refractivity contribution in [1.29, 1.82) is 0 Å². The molecule has 1 saturated heterocycles. The number of hydrogen-bond acceptors (Lipinski definition) is 2. The Morgan fingerprint density at radius 2 is 1.74 bits per heavy atom. The third kappa shape index (κ3) is 4.05. The molecule has 0 aliphatic carbocycles. The first-order valence-corrected chi connectivity index (χ1v) is 9.47. The van der Waals surface area contributed by atoms with Crippen LogP contribution in [-0.4, -0.2) is 19.2 Å². The first-order valence-electron chi connectivity index (χ1n) is 9.47. The molecule has 1 N–H and O–H groups in total. The van der Waals surface area contributed by atoms with Crippen LogP contribution in [0.4, 0.5) is 0 Å². The van der Waals surface area contributed by atoms with Crippen LogP contribution in [0.1, 0.15) is 64.5 Å². The van der Waals surface area contributed by atoms with Crippen LogP contribution in [0.2, 0.25) is 0 Å². The van der Waals surface area contributed by atoms with Gasteiger partial charge < -0.3 is 10.1 Å². The largest absolute Gasteiger partial charge is 0.373 e. The van der Waals surface area contributed by atoms with Crippen molar-refractivity contribution < 1.29 is 4.74 Å². The van der Waals surface area contributed by atoms with Crippen molar-refractivity contribution in [3.05, 3.63) is 41.0 Å². The van der Waals surface area contributed by atoms with Gasteiger partial charge in [0.15, 0.2) is 0 Å². The number of ether oxygens (including phenoxy) is 1. The highest BCUT2D eigenvalue weighted by Gasteiger charge is 2.30. The van der Waals surface area contributed by atoms with Crippen LogP contribution in [0.3, 0.4) is 0 Å². The summed E-state index contributed by atoms with van der Waals surface area (Å²) in [4.78, 5) is 0. The van der Waals surface area contributed by atoms with E-state index >= 15 is 0 Å². The van der Waals surface area contributed by atoms with Crippen molar-refractivity contribution in [3.8, 4) is 0 Å². The smallest absolute Gasteiger partial charge is 0.0726 e. The standard InChI is InChI=1S/C19H27NO.C2H6/c1-3-16-18(4-2)21-13-15-7-5-6-8-17(15)19(16)14-9-11-20-12-10-14;1-2/h5-8,16,18,20H,3-4,9-13H2,1-2H3;1-2H3. The van der Waals surface area contributed by atoms with Crippen molar-refractivity contribution in [2.24, 2.45) is 5.92 Å². The first-order chi connectivity index (χ1) is 11.3. The topological polar surface area (TPSA) is 21.3 Å². The summed E-state index contributed by atoms with van der Waals surface area (Å²) in [6.45, 7) is 11.6. The molecule has 3 rings (SSSR count). The van der Waals surface area contributed by atoms with E-state index in [4.69, 9.17) is 4.74 Å². The fraction of sp³-hybridized carbons (Fsp3) is 0.619. The van der Waals surface area contributed by atoms with Gasteiger partial charge in [0.25, 0.3) is 0 Å². The molecule has 2 heteroatoms. The van der Waals surface area contributed by atoms with Crippen molar-refractivity contribution >= 4 is 5.57 Å². The second-order valence-corrected chi connectivity index (χ2v) is 6.20. The van der Waals surface area contributed by atoms with E-state index in [2.05, 4.69) is 43.4 Å². The van der Waals surface area contributed by atoms with E-state index < -0.39 is 0 Å². The Kier molecular flexibility index (Phi) is 7.32. The van der Waals surface area contributed by atoms with E-state index in [9.17, 15) is 0 Å².